The molecule has 0 bridgehead atoms. The van der Waals surface area contributed by atoms with Crippen LogP contribution in [0.1, 0.15) is 39.0 Å². The molecule has 4 aromatic carbocycles. The summed E-state index contributed by atoms with van der Waals surface area (Å²) in [4.78, 5) is 43.7. The van der Waals surface area contributed by atoms with Gasteiger partial charge in [0.25, 0.3) is 0 Å². The summed E-state index contributed by atoms with van der Waals surface area (Å²) >= 11 is 12.4. The fourth-order valence-corrected chi connectivity index (χ4v) is 6.04. The van der Waals surface area contributed by atoms with Crippen molar-refractivity contribution in [2.45, 2.75) is 24.5 Å². The zero-order valence-electron chi connectivity index (χ0n) is 23.9. The molecule has 0 saturated carbocycles. The van der Waals surface area contributed by atoms with Crippen molar-refractivity contribution in [2.24, 2.45) is 5.92 Å². The molecule has 0 aromatic heterocycles. The molecule has 4 unspecified atom stereocenters. The zero-order chi connectivity index (χ0) is 31.4. The second-order valence-corrected chi connectivity index (χ2v) is 11.2. The van der Waals surface area contributed by atoms with Gasteiger partial charge in [-0.05, 0) is 77.4 Å². The Bertz CT molecular complexity index is 1630. The highest BCUT2D eigenvalue weighted by atomic mass is 35.5. The van der Waals surface area contributed by atoms with Gasteiger partial charge in [-0.2, -0.15) is 0 Å². The van der Waals surface area contributed by atoms with E-state index < -0.39 is 41.7 Å². The van der Waals surface area contributed by atoms with E-state index in [9.17, 15) is 18.8 Å². The smallest absolute Gasteiger partial charge is 0.410 e. The highest BCUT2D eigenvalue weighted by Gasteiger charge is 2.58. The monoisotopic (exact) mass is 634 g/mol. The van der Waals surface area contributed by atoms with Crippen molar-refractivity contribution in [2.75, 3.05) is 14.2 Å². The van der Waals surface area contributed by atoms with Crippen LogP contribution in [0.25, 0.3) is 0 Å². The molecule has 1 aliphatic heterocycles. The lowest BCUT2D eigenvalue weighted by atomic mass is 9.76. The highest BCUT2D eigenvalue weighted by Crippen LogP contribution is 2.51. The summed E-state index contributed by atoms with van der Waals surface area (Å²) in [6, 6.07) is 24.0. The van der Waals surface area contributed by atoms with Crippen molar-refractivity contribution in [1.82, 2.24) is 10.2 Å². The van der Waals surface area contributed by atoms with Gasteiger partial charge in [0, 0.05) is 28.1 Å². The largest absolute Gasteiger partial charge is 0.497 e. The maximum Gasteiger partial charge on any atom is 0.410 e. The minimum absolute atomic E-state index is 0.0704. The number of nitrogens with one attached hydrogen (secondary N) is 1. The molecule has 0 aliphatic carbocycles. The summed E-state index contributed by atoms with van der Waals surface area (Å²) in [5, 5.41) is 3.83. The van der Waals surface area contributed by atoms with Crippen LogP contribution in [0, 0.1) is 11.7 Å². The first-order chi connectivity index (χ1) is 21.2. The number of likely N-dealkylation sites (tertiary alicyclic amines) is 1. The van der Waals surface area contributed by atoms with Crippen LogP contribution < -0.4 is 10.1 Å². The molecule has 4 aromatic rings. The van der Waals surface area contributed by atoms with Crippen molar-refractivity contribution >= 4 is 41.0 Å². The van der Waals surface area contributed by atoms with Gasteiger partial charge in [0.1, 0.15) is 17.6 Å². The van der Waals surface area contributed by atoms with Crippen LogP contribution in [-0.2, 0) is 16.1 Å². The Kier molecular flexibility index (Phi) is 9.52. The molecule has 1 fully saturated rings. The van der Waals surface area contributed by atoms with E-state index in [-0.39, 0.29) is 12.3 Å². The first-order valence-electron chi connectivity index (χ1n) is 13.8. The number of rotatable bonds is 8. The normalized spacial score (nSPS) is 19.3. The molecule has 1 aliphatic rings. The topological polar surface area (TPSA) is 84.9 Å². The van der Waals surface area contributed by atoms with Gasteiger partial charge < -0.3 is 14.8 Å². The van der Waals surface area contributed by atoms with Crippen LogP contribution in [0.15, 0.2) is 97.1 Å². The fourth-order valence-electron chi connectivity index (χ4n) is 5.79. The number of Topliss-reactive ketones (excluding diaryl/α,β-unsaturated/α-hetero) is 1. The second kappa shape index (κ2) is 13.5. The number of benzene rings is 4. The molecule has 4 atom stereocenters. The van der Waals surface area contributed by atoms with Gasteiger partial charge in [-0.3, -0.25) is 14.5 Å². The van der Waals surface area contributed by atoms with Gasteiger partial charge in [0.05, 0.1) is 26.2 Å². The Hall–Kier alpha value is -4.40. The Morgan fingerprint density at radius 3 is 1.93 bits per heavy atom. The van der Waals surface area contributed by atoms with Crippen molar-refractivity contribution in [1.29, 1.82) is 0 Å². The van der Waals surface area contributed by atoms with Gasteiger partial charge in [-0.1, -0.05) is 59.6 Å². The van der Waals surface area contributed by atoms with Gasteiger partial charge in [0.2, 0.25) is 5.91 Å². The molecule has 7 nitrogen and oxygen atoms in total. The zero-order valence-corrected chi connectivity index (χ0v) is 25.4. The predicted molar refractivity (Wildman–Crippen MR) is 165 cm³/mol. The van der Waals surface area contributed by atoms with Crippen LogP contribution >= 0.6 is 23.2 Å². The van der Waals surface area contributed by atoms with Crippen LogP contribution in [0.2, 0.25) is 10.0 Å². The summed E-state index contributed by atoms with van der Waals surface area (Å²) in [6.07, 6.45) is -0.780. The lowest BCUT2D eigenvalue weighted by molar-refractivity contribution is -0.126. The standard InChI is InChI=1S/C34H29Cl2FN2O5/c1-43-27-17-9-22(10-18-27)30-29(32(40)23-7-13-25(36)14-8-23)28(21-5-11-24(35)12-6-21)31(39(30)34(42)44-2)33(41)38-19-20-3-15-26(37)16-4-20/h3-18,28-31H,19H2,1-2H3,(H,38,41). The van der Waals surface area contributed by atoms with Crippen molar-refractivity contribution in [3.63, 3.8) is 0 Å². The number of methoxy groups -OCH3 is 2. The number of carbonyl (C=O) groups excluding carboxylic acids is 3. The summed E-state index contributed by atoms with van der Waals surface area (Å²) in [5.41, 5.74) is 2.27. The Morgan fingerprint density at radius 1 is 0.795 bits per heavy atom. The number of hydrogen-bond donors (Lipinski definition) is 1. The Labute approximate surface area is 264 Å². The first-order valence-corrected chi connectivity index (χ1v) is 14.5. The quantitative estimate of drug-likeness (QED) is 0.207. The maximum absolute atomic E-state index is 14.5. The van der Waals surface area contributed by atoms with E-state index in [1.807, 2.05) is 0 Å². The van der Waals surface area contributed by atoms with Crippen LogP contribution in [0.5, 0.6) is 5.75 Å². The maximum atomic E-state index is 14.5. The number of hydrogen-bond acceptors (Lipinski definition) is 5. The molecular weight excluding hydrogens is 606 g/mol. The van der Waals surface area contributed by atoms with Crippen LogP contribution in [0.4, 0.5) is 9.18 Å². The van der Waals surface area contributed by atoms with E-state index in [1.54, 1.807) is 84.9 Å². The minimum Gasteiger partial charge on any atom is -0.497 e. The number of ketones is 1. The Balaban J connectivity index is 1.68. The molecule has 226 valence electrons. The van der Waals surface area contributed by atoms with Gasteiger partial charge in [0.15, 0.2) is 5.78 Å². The fraction of sp³-hybridized carbons (Fsp3) is 0.206. The molecule has 1 N–H and O–H groups in total. The molecule has 2 amide bonds. The molecule has 0 spiro atoms. The van der Waals surface area contributed by atoms with Gasteiger partial charge >= 0.3 is 6.09 Å². The van der Waals surface area contributed by atoms with E-state index in [0.29, 0.717) is 38.0 Å². The summed E-state index contributed by atoms with van der Waals surface area (Å²) in [5.74, 6) is -2.35. The van der Waals surface area contributed by atoms with E-state index in [2.05, 4.69) is 5.32 Å². The van der Waals surface area contributed by atoms with Crippen molar-refractivity contribution in [3.05, 3.63) is 135 Å². The van der Waals surface area contributed by atoms with Crippen molar-refractivity contribution < 1.29 is 28.2 Å². The van der Waals surface area contributed by atoms with Gasteiger partial charge in [-0.15, -0.1) is 0 Å². The van der Waals surface area contributed by atoms with E-state index in [1.165, 1.54) is 31.3 Å². The molecule has 44 heavy (non-hydrogen) atoms. The number of carbonyl (C=O) groups is 3. The average molecular weight is 636 g/mol. The predicted octanol–water partition coefficient (Wildman–Crippen LogP) is 7.23. The molecular formula is C34H29Cl2FN2O5. The number of nitrogens with zero attached hydrogens (tertiary/aromatic N) is 1. The summed E-state index contributed by atoms with van der Waals surface area (Å²) < 4.78 is 24.1. The SMILES string of the molecule is COC(=O)N1C(C(=O)NCc2ccc(F)cc2)C(c2ccc(Cl)cc2)C(C(=O)c2ccc(Cl)cc2)C1c1ccc(OC)cc1. The third-order valence-electron chi connectivity index (χ3n) is 7.84. The summed E-state index contributed by atoms with van der Waals surface area (Å²) in [7, 11) is 2.77. The number of amides is 2. The molecule has 10 heteroatoms. The molecule has 1 saturated heterocycles. The number of ether oxygens (including phenoxy) is 2. The van der Waals surface area contributed by atoms with E-state index in [4.69, 9.17) is 32.7 Å². The first kappa shape index (κ1) is 31.0. The highest BCUT2D eigenvalue weighted by molar-refractivity contribution is 6.31. The third kappa shape index (κ3) is 6.42. The minimum atomic E-state index is -1.17. The molecule has 5 rings (SSSR count). The Morgan fingerprint density at radius 2 is 1.36 bits per heavy atom. The number of halogens is 3. The van der Waals surface area contributed by atoms with E-state index >= 15 is 0 Å². The van der Waals surface area contributed by atoms with Crippen LogP contribution in [0.3, 0.4) is 0 Å². The third-order valence-corrected chi connectivity index (χ3v) is 8.35. The van der Waals surface area contributed by atoms with Crippen LogP contribution in [-0.4, -0.2) is 42.9 Å². The summed E-state index contributed by atoms with van der Waals surface area (Å²) in [6.45, 7) is 0.0704. The lowest BCUT2D eigenvalue weighted by Crippen LogP contribution is -2.48. The van der Waals surface area contributed by atoms with Gasteiger partial charge in [-0.25, -0.2) is 9.18 Å². The van der Waals surface area contributed by atoms with E-state index in [0.717, 1.165) is 0 Å². The van der Waals surface area contributed by atoms with Crippen molar-refractivity contribution in [3.8, 4) is 5.75 Å². The molecule has 0 radical (unpaired) electrons. The molecule has 1 heterocycles. The lowest BCUT2D eigenvalue weighted by Gasteiger charge is -2.30. The second-order valence-electron chi connectivity index (χ2n) is 10.4. The average Bonchev–Trinajstić information content (AvgIpc) is 3.40.